The van der Waals surface area contributed by atoms with Crippen LogP contribution in [-0.4, -0.2) is 26.1 Å². The van der Waals surface area contributed by atoms with E-state index in [9.17, 15) is 9.18 Å². The van der Waals surface area contributed by atoms with Crippen LogP contribution in [0.5, 0.6) is 11.5 Å². The van der Waals surface area contributed by atoms with Crippen molar-refractivity contribution >= 4 is 5.91 Å². The number of hydrogen-bond acceptors (Lipinski definition) is 4. The van der Waals surface area contributed by atoms with Gasteiger partial charge in [0.2, 0.25) is 5.91 Å². The number of hydrogen-bond donors (Lipinski definition) is 2. The van der Waals surface area contributed by atoms with Crippen LogP contribution in [0.4, 0.5) is 4.39 Å². The largest absolute Gasteiger partial charge is 0.493 e. The van der Waals surface area contributed by atoms with Gasteiger partial charge in [-0.2, -0.15) is 0 Å². The molecule has 5 nitrogen and oxygen atoms in total. The fourth-order valence-electron chi connectivity index (χ4n) is 2.39. The maximum Gasteiger partial charge on any atom is 0.216 e. The summed E-state index contributed by atoms with van der Waals surface area (Å²) in [5.41, 5.74) is 1.97. The predicted octanol–water partition coefficient (Wildman–Crippen LogP) is 3.03. The summed E-state index contributed by atoms with van der Waals surface area (Å²) in [5.74, 6) is 1.03. The van der Waals surface area contributed by atoms with Crippen LogP contribution < -0.4 is 20.1 Å². The standard InChI is InChI=1S/C20H25FN2O3/c1-15(24)23-11-3-10-22-13-17-6-9-19(20(12-17)25-2)26-14-16-4-7-18(21)8-5-16/h4-9,12,22H,3,10-11,13-14H2,1-2H3,(H,23,24). The fourth-order valence-corrected chi connectivity index (χ4v) is 2.39. The minimum Gasteiger partial charge on any atom is -0.493 e. The number of carbonyl (C=O) groups is 1. The molecule has 0 spiro atoms. The topological polar surface area (TPSA) is 59.6 Å². The molecular formula is C20H25FN2O3. The molecule has 0 fully saturated rings. The van der Waals surface area contributed by atoms with E-state index < -0.39 is 0 Å². The number of amides is 1. The summed E-state index contributed by atoms with van der Waals surface area (Å²) >= 11 is 0. The molecule has 0 atom stereocenters. The average Bonchev–Trinajstić information content (AvgIpc) is 2.64. The third-order valence-corrected chi connectivity index (χ3v) is 3.77. The normalized spacial score (nSPS) is 10.4. The first kappa shape index (κ1) is 19.7. The zero-order valence-corrected chi connectivity index (χ0v) is 15.2. The highest BCUT2D eigenvalue weighted by molar-refractivity contribution is 5.72. The van der Waals surface area contributed by atoms with Crippen LogP contribution in [0.25, 0.3) is 0 Å². The molecule has 0 aliphatic carbocycles. The lowest BCUT2D eigenvalue weighted by atomic mass is 10.2. The molecule has 2 aromatic rings. The summed E-state index contributed by atoms with van der Waals surface area (Å²) in [4.78, 5) is 10.8. The molecule has 26 heavy (non-hydrogen) atoms. The van der Waals surface area contributed by atoms with Crippen LogP contribution in [0.2, 0.25) is 0 Å². The molecule has 0 heterocycles. The van der Waals surface area contributed by atoms with Gasteiger partial charge in [0.25, 0.3) is 0 Å². The van der Waals surface area contributed by atoms with Crippen molar-refractivity contribution in [3.8, 4) is 11.5 Å². The Hall–Kier alpha value is -2.60. The molecule has 0 radical (unpaired) electrons. The third kappa shape index (κ3) is 6.72. The minimum absolute atomic E-state index is 0.00837. The molecular weight excluding hydrogens is 335 g/mol. The molecule has 2 N–H and O–H groups in total. The molecule has 0 saturated carbocycles. The Morgan fingerprint density at radius 2 is 1.77 bits per heavy atom. The lowest BCUT2D eigenvalue weighted by molar-refractivity contribution is -0.118. The zero-order valence-electron chi connectivity index (χ0n) is 15.2. The first-order chi connectivity index (χ1) is 12.6. The quantitative estimate of drug-likeness (QED) is 0.640. The van der Waals surface area contributed by atoms with Crippen LogP contribution in [-0.2, 0) is 17.9 Å². The molecule has 0 aliphatic rings. The summed E-state index contributed by atoms with van der Waals surface area (Å²) in [5, 5.41) is 6.09. The van der Waals surface area contributed by atoms with Gasteiger partial charge in [-0.1, -0.05) is 18.2 Å². The summed E-state index contributed by atoms with van der Waals surface area (Å²) in [6.45, 7) is 4.04. The van der Waals surface area contributed by atoms with Gasteiger partial charge in [0.1, 0.15) is 12.4 Å². The molecule has 0 unspecified atom stereocenters. The van der Waals surface area contributed by atoms with Crippen molar-refractivity contribution in [1.82, 2.24) is 10.6 Å². The monoisotopic (exact) mass is 360 g/mol. The van der Waals surface area contributed by atoms with Crippen molar-refractivity contribution in [2.24, 2.45) is 0 Å². The Kier molecular flexibility index (Phi) is 7.89. The van der Waals surface area contributed by atoms with E-state index in [1.54, 1.807) is 19.2 Å². The minimum atomic E-state index is -0.264. The predicted molar refractivity (Wildman–Crippen MR) is 98.7 cm³/mol. The Bertz CT molecular complexity index is 705. The van der Waals surface area contributed by atoms with Crippen LogP contribution in [0.3, 0.4) is 0 Å². The van der Waals surface area contributed by atoms with Crippen molar-refractivity contribution in [3.05, 3.63) is 59.4 Å². The Balaban J connectivity index is 1.82. The number of nitrogens with one attached hydrogen (secondary N) is 2. The Morgan fingerprint density at radius 3 is 2.46 bits per heavy atom. The summed E-state index contributed by atoms with van der Waals surface area (Å²) < 4.78 is 24.1. The van der Waals surface area contributed by atoms with E-state index in [1.807, 2.05) is 18.2 Å². The van der Waals surface area contributed by atoms with Gasteiger partial charge in [0.05, 0.1) is 7.11 Å². The highest BCUT2D eigenvalue weighted by Gasteiger charge is 2.06. The molecule has 0 saturated heterocycles. The molecule has 0 aliphatic heterocycles. The number of carbonyl (C=O) groups excluding carboxylic acids is 1. The summed E-state index contributed by atoms with van der Waals surface area (Å²) in [6, 6.07) is 12.0. The highest BCUT2D eigenvalue weighted by Crippen LogP contribution is 2.28. The average molecular weight is 360 g/mol. The van der Waals surface area contributed by atoms with Crippen molar-refractivity contribution in [2.45, 2.75) is 26.5 Å². The molecule has 0 aromatic heterocycles. The SMILES string of the molecule is COc1cc(CNCCCNC(C)=O)ccc1OCc1ccc(F)cc1. The van der Waals surface area contributed by atoms with Gasteiger partial charge < -0.3 is 20.1 Å². The van der Waals surface area contributed by atoms with Crippen molar-refractivity contribution in [2.75, 3.05) is 20.2 Å². The molecule has 0 bridgehead atoms. The van der Waals surface area contributed by atoms with E-state index in [2.05, 4.69) is 10.6 Å². The Morgan fingerprint density at radius 1 is 1.04 bits per heavy atom. The smallest absolute Gasteiger partial charge is 0.216 e. The lowest BCUT2D eigenvalue weighted by Gasteiger charge is -2.13. The van der Waals surface area contributed by atoms with Gasteiger partial charge in [-0.05, 0) is 48.4 Å². The van der Waals surface area contributed by atoms with E-state index in [0.717, 1.165) is 24.1 Å². The molecule has 6 heteroatoms. The first-order valence-corrected chi connectivity index (χ1v) is 8.58. The van der Waals surface area contributed by atoms with Gasteiger partial charge in [0, 0.05) is 20.0 Å². The second-order valence-electron chi connectivity index (χ2n) is 5.91. The second kappa shape index (κ2) is 10.4. The number of ether oxygens (including phenoxy) is 2. The van der Waals surface area contributed by atoms with Crippen molar-refractivity contribution < 1.29 is 18.7 Å². The zero-order chi connectivity index (χ0) is 18.8. The number of methoxy groups -OCH3 is 1. The summed E-state index contributed by atoms with van der Waals surface area (Å²) in [6.07, 6.45) is 0.871. The number of benzene rings is 2. The molecule has 2 aromatic carbocycles. The van der Waals surface area contributed by atoms with Crippen molar-refractivity contribution in [3.63, 3.8) is 0 Å². The number of rotatable bonds is 10. The lowest BCUT2D eigenvalue weighted by Crippen LogP contribution is -2.24. The molecule has 1 amide bonds. The van der Waals surface area contributed by atoms with E-state index >= 15 is 0 Å². The van der Waals surface area contributed by atoms with Gasteiger partial charge in [-0.3, -0.25) is 4.79 Å². The molecule has 2 rings (SSSR count). The van der Waals surface area contributed by atoms with E-state index in [1.165, 1.54) is 19.1 Å². The summed E-state index contributed by atoms with van der Waals surface area (Å²) in [7, 11) is 1.60. The fraction of sp³-hybridized carbons (Fsp3) is 0.350. The van der Waals surface area contributed by atoms with E-state index in [-0.39, 0.29) is 11.7 Å². The van der Waals surface area contributed by atoms with Gasteiger partial charge >= 0.3 is 0 Å². The van der Waals surface area contributed by atoms with E-state index in [0.29, 0.717) is 31.2 Å². The first-order valence-electron chi connectivity index (χ1n) is 8.58. The highest BCUT2D eigenvalue weighted by atomic mass is 19.1. The Labute approximate surface area is 153 Å². The van der Waals surface area contributed by atoms with Gasteiger partial charge in [-0.25, -0.2) is 4.39 Å². The van der Waals surface area contributed by atoms with Crippen LogP contribution >= 0.6 is 0 Å². The van der Waals surface area contributed by atoms with Gasteiger partial charge in [0.15, 0.2) is 11.5 Å². The maximum atomic E-state index is 12.9. The van der Waals surface area contributed by atoms with E-state index in [4.69, 9.17) is 9.47 Å². The van der Waals surface area contributed by atoms with Crippen LogP contribution in [0.1, 0.15) is 24.5 Å². The maximum absolute atomic E-state index is 12.9. The third-order valence-electron chi connectivity index (χ3n) is 3.77. The van der Waals surface area contributed by atoms with Crippen molar-refractivity contribution in [1.29, 1.82) is 0 Å². The number of halogens is 1. The second-order valence-corrected chi connectivity index (χ2v) is 5.91. The molecule has 140 valence electrons. The van der Waals surface area contributed by atoms with Gasteiger partial charge in [-0.15, -0.1) is 0 Å². The van der Waals surface area contributed by atoms with Crippen LogP contribution in [0, 0.1) is 5.82 Å². The van der Waals surface area contributed by atoms with Crippen LogP contribution in [0.15, 0.2) is 42.5 Å².